The Bertz CT molecular complexity index is 1630. The molecule has 0 spiro atoms. The molecule has 0 amide bonds. The third-order valence-electron chi connectivity index (χ3n) is 6.46. The van der Waals surface area contributed by atoms with E-state index in [9.17, 15) is 0 Å². The average Bonchev–Trinajstić information content (AvgIpc) is 2.85. The second-order valence-corrected chi connectivity index (χ2v) is 10.7. The Morgan fingerprint density at radius 1 is 0.658 bits per heavy atom. The highest BCUT2D eigenvalue weighted by Gasteiger charge is 2.18. The Kier molecular flexibility index (Phi) is 7.09. The summed E-state index contributed by atoms with van der Waals surface area (Å²) >= 11 is 3.61. The number of aryl methyl sites for hydroxylation is 6. The van der Waals surface area contributed by atoms with Crippen molar-refractivity contribution in [2.24, 2.45) is 0 Å². The van der Waals surface area contributed by atoms with Crippen LogP contribution in [-0.2, 0) is 0 Å². The molecule has 0 aliphatic carbocycles. The monoisotopic (exact) mass is 567 g/mol. The minimum Gasteiger partial charge on any atom is -0.453 e. The second-order valence-electron chi connectivity index (χ2n) is 9.80. The summed E-state index contributed by atoms with van der Waals surface area (Å²) in [4.78, 5) is 9.11. The van der Waals surface area contributed by atoms with Gasteiger partial charge in [-0.05, 0) is 97.9 Å². The van der Waals surface area contributed by atoms with Crippen LogP contribution in [0, 0.1) is 41.5 Å². The molecule has 0 saturated heterocycles. The van der Waals surface area contributed by atoms with Crippen LogP contribution in [0.5, 0.6) is 23.0 Å². The second kappa shape index (κ2) is 10.5. The standard InChI is InChI=1S/C32H30BrN3O2/c1-18-11-20(3)30(21(4)12-18)37-28-15-24-27(16-29(28)38-31-22(5)13-19(2)14-23(31)6)34-17-35-32(24)36-26-10-8-7-9-25(26)33/h7-17H,1-6H3,(H,34,35,36). The molecule has 5 aromatic rings. The Morgan fingerprint density at radius 3 is 1.74 bits per heavy atom. The van der Waals surface area contributed by atoms with Crippen molar-refractivity contribution in [2.45, 2.75) is 41.5 Å². The molecule has 0 fully saturated rings. The summed E-state index contributed by atoms with van der Waals surface area (Å²) in [5.74, 6) is 3.50. The number of anilines is 2. The number of benzene rings is 4. The van der Waals surface area contributed by atoms with Crippen LogP contribution in [0.15, 0.2) is 71.5 Å². The first kappa shape index (κ1) is 25.7. The minimum absolute atomic E-state index is 0.594. The smallest absolute Gasteiger partial charge is 0.172 e. The van der Waals surface area contributed by atoms with E-state index in [0.29, 0.717) is 17.3 Å². The summed E-state index contributed by atoms with van der Waals surface area (Å²) < 4.78 is 14.1. The zero-order chi connectivity index (χ0) is 27.0. The summed E-state index contributed by atoms with van der Waals surface area (Å²) in [5, 5.41) is 4.26. The molecule has 0 aliphatic heterocycles. The molecule has 192 valence electrons. The number of halogens is 1. The van der Waals surface area contributed by atoms with Crippen LogP contribution in [0.25, 0.3) is 10.9 Å². The molecule has 1 aromatic heterocycles. The Balaban J connectivity index is 1.67. The Morgan fingerprint density at radius 2 is 1.18 bits per heavy atom. The maximum atomic E-state index is 6.62. The summed E-state index contributed by atoms with van der Waals surface area (Å²) in [7, 11) is 0. The maximum absolute atomic E-state index is 6.62. The molecule has 0 atom stereocenters. The van der Waals surface area contributed by atoms with Gasteiger partial charge in [0.25, 0.3) is 0 Å². The van der Waals surface area contributed by atoms with E-state index in [-0.39, 0.29) is 0 Å². The molecular formula is C32H30BrN3O2. The van der Waals surface area contributed by atoms with Gasteiger partial charge in [0.1, 0.15) is 23.6 Å². The van der Waals surface area contributed by atoms with E-state index in [4.69, 9.17) is 9.47 Å². The van der Waals surface area contributed by atoms with Gasteiger partial charge in [0.05, 0.1) is 11.2 Å². The molecule has 1 heterocycles. The van der Waals surface area contributed by atoms with E-state index in [1.54, 1.807) is 6.33 Å². The zero-order valence-corrected chi connectivity index (χ0v) is 24.0. The lowest BCUT2D eigenvalue weighted by Crippen LogP contribution is -2.00. The first-order chi connectivity index (χ1) is 18.2. The lowest BCUT2D eigenvalue weighted by atomic mass is 10.1. The maximum Gasteiger partial charge on any atom is 0.172 e. The minimum atomic E-state index is 0.594. The molecule has 4 aromatic carbocycles. The van der Waals surface area contributed by atoms with Crippen LogP contribution in [0.4, 0.5) is 11.5 Å². The lowest BCUT2D eigenvalue weighted by Gasteiger charge is -2.19. The van der Waals surface area contributed by atoms with Crippen molar-refractivity contribution in [3.8, 4) is 23.0 Å². The number of hydrogen-bond acceptors (Lipinski definition) is 5. The van der Waals surface area contributed by atoms with Crippen LogP contribution in [0.3, 0.4) is 0 Å². The molecule has 5 nitrogen and oxygen atoms in total. The first-order valence-electron chi connectivity index (χ1n) is 12.5. The van der Waals surface area contributed by atoms with E-state index < -0.39 is 0 Å². The average molecular weight is 569 g/mol. The van der Waals surface area contributed by atoms with Crippen LogP contribution in [0.2, 0.25) is 0 Å². The number of nitrogens with one attached hydrogen (secondary N) is 1. The van der Waals surface area contributed by atoms with Crippen molar-refractivity contribution >= 4 is 38.3 Å². The largest absolute Gasteiger partial charge is 0.453 e. The van der Waals surface area contributed by atoms with Crippen molar-refractivity contribution in [3.05, 3.63) is 105 Å². The fraction of sp³-hybridized carbons (Fsp3) is 0.188. The van der Waals surface area contributed by atoms with Crippen molar-refractivity contribution < 1.29 is 9.47 Å². The van der Waals surface area contributed by atoms with Gasteiger partial charge >= 0.3 is 0 Å². The lowest BCUT2D eigenvalue weighted by molar-refractivity contribution is 0.413. The van der Waals surface area contributed by atoms with Crippen molar-refractivity contribution in [1.82, 2.24) is 9.97 Å². The van der Waals surface area contributed by atoms with E-state index in [2.05, 4.69) is 97.0 Å². The summed E-state index contributed by atoms with van der Waals surface area (Å²) in [6, 6.07) is 20.3. The molecule has 38 heavy (non-hydrogen) atoms. The number of nitrogens with zero attached hydrogens (tertiary/aromatic N) is 2. The van der Waals surface area contributed by atoms with E-state index >= 15 is 0 Å². The van der Waals surface area contributed by atoms with E-state index in [0.717, 1.165) is 54.8 Å². The molecule has 0 bridgehead atoms. The third-order valence-corrected chi connectivity index (χ3v) is 7.15. The third kappa shape index (κ3) is 5.22. The highest BCUT2D eigenvalue weighted by molar-refractivity contribution is 9.10. The zero-order valence-electron chi connectivity index (χ0n) is 22.4. The quantitative estimate of drug-likeness (QED) is 0.221. The highest BCUT2D eigenvalue weighted by atomic mass is 79.9. The summed E-state index contributed by atoms with van der Waals surface area (Å²) in [5.41, 5.74) is 8.30. The molecule has 0 saturated carbocycles. The summed E-state index contributed by atoms with van der Waals surface area (Å²) in [6.45, 7) is 12.4. The fourth-order valence-corrected chi connectivity index (χ4v) is 5.27. The molecule has 0 unspecified atom stereocenters. The van der Waals surface area contributed by atoms with Crippen LogP contribution in [-0.4, -0.2) is 9.97 Å². The van der Waals surface area contributed by atoms with E-state index in [1.807, 2.05) is 36.4 Å². The topological polar surface area (TPSA) is 56.3 Å². The van der Waals surface area contributed by atoms with Crippen molar-refractivity contribution in [3.63, 3.8) is 0 Å². The van der Waals surface area contributed by atoms with Gasteiger partial charge in [0, 0.05) is 15.9 Å². The number of fused-ring (bicyclic) bond motifs is 1. The van der Waals surface area contributed by atoms with Gasteiger partial charge < -0.3 is 14.8 Å². The highest BCUT2D eigenvalue weighted by Crippen LogP contribution is 2.43. The van der Waals surface area contributed by atoms with Crippen LogP contribution >= 0.6 is 15.9 Å². The van der Waals surface area contributed by atoms with Gasteiger partial charge in [0.2, 0.25) is 0 Å². The Hall–Kier alpha value is -3.90. The van der Waals surface area contributed by atoms with Crippen LogP contribution < -0.4 is 14.8 Å². The molecular weight excluding hydrogens is 538 g/mol. The number of hydrogen-bond donors (Lipinski definition) is 1. The van der Waals surface area contributed by atoms with Crippen LogP contribution in [0.1, 0.15) is 33.4 Å². The van der Waals surface area contributed by atoms with Gasteiger partial charge in [0.15, 0.2) is 11.5 Å². The van der Waals surface area contributed by atoms with Crippen molar-refractivity contribution in [2.75, 3.05) is 5.32 Å². The molecule has 6 heteroatoms. The van der Waals surface area contributed by atoms with Gasteiger partial charge in [-0.1, -0.05) is 47.5 Å². The number of ether oxygens (including phenoxy) is 2. The predicted molar refractivity (Wildman–Crippen MR) is 158 cm³/mol. The molecule has 0 radical (unpaired) electrons. The summed E-state index contributed by atoms with van der Waals surface area (Å²) in [6.07, 6.45) is 1.56. The SMILES string of the molecule is Cc1cc(C)c(Oc2cc3ncnc(Nc4ccccc4Br)c3cc2Oc2c(C)cc(C)cc2C)c(C)c1. The molecule has 0 aliphatic rings. The van der Waals surface area contributed by atoms with Gasteiger partial charge in [-0.2, -0.15) is 0 Å². The Labute approximate surface area is 232 Å². The number of aromatic nitrogens is 2. The van der Waals surface area contributed by atoms with Gasteiger partial charge in [-0.25, -0.2) is 9.97 Å². The number of para-hydroxylation sites is 1. The van der Waals surface area contributed by atoms with Crippen molar-refractivity contribution in [1.29, 1.82) is 0 Å². The predicted octanol–water partition coefficient (Wildman–Crippen LogP) is 9.57. The van der Waals surface area contributed by atoms with Gasteiger partial charge in [-0.15, -0.1) is 0 Å². The molecule has 5 rings (SSSR count). The number of rotatable bonds is 6. The molecule has 1 N–H and O–H groups in total. The first-order valence-corrected chi connectivity index (χ1v) is 13.3. The van der Waals surface area contributed by atoms with Gasteiger partial charge in [-0.3, -0.25) is 0 Å². The normalized spacial score (nSPS) is 11.0. The van der Waals surface area contributed by atoms with E-state index in [1.165, 1.54) is 11.1 Å². The fourth-order valence-electron chi connectivity index (χ4n) is 4.89.